The van der Waals surface area contributed by atoms with E-state index in [0.29, 0.717) is 19.5 Å². The third-order valence-corrected chi connectivity index (χ3v) is 4.37. The van der Waals surface area contributed by atoms with Gasteiger partial charge in [-0.05, 0) is 56.5 Å². The summed E-state index contributed by atoms with van der Waals surface area (Å²) in [6, 6.07) is 6.02. The average molecular weight is 308 g/mol. The number of likely N-dealkylation sites (tertiary alicyclic amines) is 1. The van der Waals surface area contributed by atoms with Gasteiger partial charge in [0.05, 0.1) is 6.10 Å². The van der Waals surface area contributed by atoms with Gasteiger partial charge in [-0.3, -0.25) is 4.79 Å². The van der Waals surface area contributed by atoms with Gasteiger partial charge < -0.3 is 15.3 Å². The highest BCUT2D eigenvalue weighted by atomic mass is 19.1. The molecule has 4 nitrogen and oxygen atoms in total. The first kappa shape index (κ1) is 16.9. The van der Waals surface area contributed by atoms with Crippen molar-refractivity contribution < 1.29 is 14.3 Å². The van der Waals surface area contributed by atoms with E-state index in [9.17, 15) is 14.3 Å². The molecule has 0 spiro atoms. The van der Waals surface area contributed by atoms with Gasteiger partial charge in [-0.1, -0.05) is 12.1 Å². The maximum atomic E-state index is 12.9. The van der Waals surface area contributed by atoms with Gasteiger partial charge in [0.2, 0.25) is 5.91 Å². The largest absolute Gasteiger partial charge is 0.388 e. The molecule has 1 amide bonds. The molecule has 1 aromatic carbocycles. The fraction of sp³-hybridized carbons (Fsp3) is 0.588. The molecule has 2 rings (SSSR count). The Morgan fingerprint density at radius 3 is 2.59 bits per heavy atom. The van der Waals surface area contributed by atoms with E-state index in [-0.39, 0.29) is 17.6 Å². The number of carbonyl (C=O) groups excluding carboxylic acids is 1. The van der Waals surface area contributed by atoms with Crippen molar-refractivity contribution in [2.45, 2.75) is 31.8 Å². The first-order valence-corrected chi connectivity index (χ1v) is 7.97. The highest BCUT2D eigenvalue weighted by Crippen LogP contribution is 2.31. The lowest BCUT2D eigenvalue weighted by atomic mass is 9.87. The fourth-order valence-electron chi connectivity index (χ4n) is 2.97. The minimum absolute atomic E-state index is 0.131. The number of amides is 1. The van der Waals surface area contributed by atoms with Crippen LogP contribution < -0.4 is 5.32 Å². The molecule has 2 N–H and O–H groups in total. The summed E-state index contributed by atoms with van der Waals surface area (Å²) in [4.78, 5) is 13.9. The Morgan fingerprint density at radius 1 is 1.36 bits per heavy atom. The van der Waals surface area contributed by atoms with Gasteiger partial charge in [0.1, 0.15) is 5.82 Å². The van der Waals surface area contributed by atoms with E-state index < -0.39 is 6.10 Å². The molecule has 0 aliphatic carbocycles. The number of nitrogens with one attached hydrogen (secondary N) is 1. The number of hydrogen-bond donors (Lipinski definition) is 2. The number of aliphatic hydroxyl groups is 1. The van der Waals surface area contributed by atoms with E-state index in [1.807, 2.05) is 11.9 Å². The highest BCUT2D eigenvalue weighted by molar-refractivity contribution is 5.76. The third-order valence-electron chi connectivity index (χ3n) is 4.37. The van der Waals surface area contributed by atoms with E-state index in [0.717, 1.165) is 31.4 Å². The zero-order valence-corrected chi connectivity index (χ0v) is 13.1. The summed E-state index contributed by atoms with van der Waals surface area (Å²) in [6.07, 6.45) is 2.42. The van der Waals surface area contributed by atoms with Crippen LogP contribution >= 0.6 is 0 Å². The van der Waals surface area contributed by atoms with Crippen LogP contribution in [0.25, 0.3) is 0 Å². The number of nitrogens with zero attached hydrogens (tertiary/aromatic N) is 1. The number of benzene rings is 1. The Morgan fingerprint density at radius 2 is 2.00 bits per heavy atom. The zero-order valence-electron chi connectivity index (χ0n) is 13.1. The monoisotopic (exact) mass is 308 g/mol. The van der Waals surface area contributed by atoms with Crippen LogP contribution in [0.3, 0.4) is 0 Å². The minimum Gasteiger partial charge on any atom is -0.388 e. The summed E-state index contributed by atoms with van der Waals surface area (Å²) >= 11 is 0. The Kier molecular flexibility index (Phi) is 6.34. The third kappa shape index (κ3) is 4.52. The van der Waals surface area contributed by atoms with E-state index in [1.165, 1.54) is 12.1 Å². The SMILES string of the molecule is CNCCCC(=O)N1CCC(C(O)c2ccc(F)cc2)CC1. The second-order valence-corrected chi connectivity index (χ2v) is 5.92. The molecule has 5 heteroatoms. The molecule has 122 valence electrons. The molecule has 0 bridgehead atoms. The van der Waals surface area contributed by atoms with Crippen molar-refractivity contribution >= 4 is 5.91 Å². The van der Waals surface area contributed by atoms with Crippen molar-refractivity contribution in [1.29, 1.82) is 0 Å². The van der Waals surface area contributed by atoms with Crippen LogP contribution in [-0.2, 0) is 4.79 Å². The first-order chi connectivity index (χ1) is 10.6. The Hall–Kier alpha value is -1.46. The standard InChI is InChI=1S/C17H25FN2O2/c1-19-10-2-3-16(21)20-11-8-14(9-12-20)17(22)13-4-6-15(18)7-5-13/h4-7,14,17,19,22H,2-3,8-12H2,1H3. The summed E-state index contributed by atoms with van der Waals surface area (Å²) in [5, 5.41) is 13.4. The lowest BCUT2D eigenvalue weighted by molar-refractivity contribution is -0.133. The number of piperidine rings is 1. The summed E-state index contributed by atoms with van der Waals surface area (Å²) < 4.78 is 12.9. The molecule has 0 aromatic heterocycles. The lowest BCUT2D eigenvalue weighted by Gasteiger charge is -2.34. The van der Waals surface area contributed by atoms with E-state index in [4.69, 9.17) is 0 Å². The molecule has 22 heavy (non-hydrogen) atoms. The second-order valence-electron chi connectivity index (χ2n) is 5.92. The molecule has 1 heterocycles. The summed E-state index contributed by atoms with van der Waals surface area (Å²) in [7, 11) is 1.88. The normalized spacial score (nSPS) is 17.5. The van der Waals surface area contributed by atoms with Gasteiger partial charge in [0.15, 0.2) is 0 Å². The van der Waals surface area contributed by atoms with Crippen molar-refractivity contribution in [1.82, 2.24) is 10.2 Å². The maximum Gasteiger partial charge on any atom is 0.222 e. The van der Waals surface area contributed by atoms with Crippen LogP contribution in [0.5, 0.6) is 0 Å². The van der Waals surface area contributed by atoms with Gasteiger partial charge in [-0.15, -0.1) is 0 Å². The van der Waals surface area contributed by atoms with Crippen LogP contribution in [0, 0.1) is 11.7 Å². The number of aliphatic hydroxyl groups excluding tert-OH is 1. The predicted molar refractivity (Wildman–Crippen MR) is 83.8 cm³/mol. The quantitative estimate of drug-likeness (QED) is 0.791. The Labute approximate surface area is 131 Å². The van der Waals surface area contributed by atoms with Crippen LogP contribution in [0.1, 0.15) is 37.4 Å². The number of hydrogen-bond acceptors (Lipinski definition) is 3. The van der Waals surface area contributed by atoms with E-state index in [1.54, 1.807) is 12.1 Å². The minimum atomic E-state index is -0.581. The summed E-state index contributed by atoms with van der Waals surface area (Å²) in [5.74, 6) is 0.0368. The molecule has 1 saturated heterocycles. The van der Waals surface area contributed by atoms with Crippen LogP contribution in [-0.4, -0.2) is 42.6 Å². The molecule has 1 unspecified atom stereocenters. The molecule has 1 aromatic rings. The van der Waals surface area contributed by atoms with Gasteiger partial charge in [-0.25, -0.2) is 4.39 Å². The molecule has 0 radical (unpaired) electrons. The van der Waals surface area contributed by atoms with Crippen molar-refractivity contribution in [2.24, 2.45) is 5.92 Å². The molecule has 1 aliphatic rings. The molecule has 0 saturated carbocycles. The number of carbonyl (C=O) groups is 1. The van der Waals surface area contributed by atoms with E-state index in [2.05, 4.69) is 5.32 Å². The topological polar surface area (TPSA) is 52.6 Å². The summed E-state index contributed by atoms with van der Waals surface area (Å²) in [5.41, 5.74) is 0.750. The fourth-order valence-corrected chi connectivity index (χ4v) is 2.97. The molecule has 1 fully saturated rings. The van der Waals surface area contributed by atoms with Crippen LogP contribution in [0.15, 0.2) is 24.3 Å². The molecule has 1 aliphatic heterocycles. The van der Waals surface area contributed by atoms with Crippen LogP contribution in [0.2, 0.25) is 0 Å². The second kappa shape index (κ2) is 8.25. The van der Waals surface area contributed by atoms with Gasteiger partial charge in [0.25, 0.3) is 0 Å². The van der Waals surface area contributed by atoms with Crippen molar-refractivity contribution in [2.75, 3.05) is 26.7 Å². The number of rotatable bonds is 6. The van der Waals surface area contributed by atoms with Crippen molar-refractivity contribution in [3.8, 4) is 0 Å². The van der Waals surface area contributed by atoms with Crippen LogP contribution in [0.4, 0.5) is 4.39 Å². The lowest BCUT2D eigenvalue weighted by Crippen LogP contribution is -2.39. The summed E-state index contributed by atoms with van der Waals surface area (Å²) in [6.45, 7) is 2.24. The highest BCUT2D eigenvalue weighted by Gasteiger charge is 2.27. The molecular weight excluding hydrogens is 283 g/mol. The van der Waals surface area contributed by atoms with Gasteiger partial charge in [0, 0.05) is 19.5 Å². The van der Waals surface area contributed by atoms with Crippen molar-refractivity contribution in [3.05, 3.63) is 35.6 Å². The average Bonchev–Trinajstić information content (AvgIpc) is 2.55. The van der Waals surface area contributed by atoms with Gasteiger partial charge in [-0.2, -0.15) is 0 Å². The predicted octanol–water partition coefficient (Wildman–Crippen LogP) is 2.10. The first-order valence-electron chi connectivity index (χ1n) is 7.97. The zero-order chi connectivity index (χ0) is 15.9. The maximum absolute atomic E-state index is 12.9. The Bertz CT molecular complexity index is 470. The molecular formula is C17H25FN2O2. The molecule has 1 atom stereocenters. The van der Waals surface area contributed by atoms with Gasteiger partial charge >= 0.3 is 0 Å². The smallest absolute Gasteiger partial charge is 0.222 e. The number of halogens is 1. The van der Waals surface area contributed by atoms with E-state index >= 15 is 0 Å². The van der Waals surface area contributed by atoms with Crippen molar-refractivity contribution in [3.63, 3.8) is 0 Å². The Balaban J connectivity index is 1.81.